The zero-order chi connectivity index (χ0) is 9.43. The lowest BCUT2D eigenvalue weighted by molar-refractivity contribution is -0.178. The van der Waals surface area contributed by atoms with Crippen LogP contribution in [0.25, 0.3) is 0 Å². The molecule has 1 spiro atoms. The molecule has 0 aromatic carbocycles. The average Bonchev–Trinajstić information content (AvgIpc) is 2.12. The van der Waals surface area contributed by atoms with E-state index in [0.717, 1.165) is 25.3 Å². The van der Waals surface area contributed by atoms with Crippen LogP contribution in [0.4, 0.5) is 0 Å². The molecule has 0 aromatic heterocycles. The van der Waals surface area contributed by atoms with Gasteiger partial charge in [0, 0.05) is 17.5 Å². The molecule has 3 rings (SSSR count). The van der Waals surface area contributed by atoms with Crippen LogP contribution in [0.15, 0.2) is 0 Å². The second kappa shape index (κ2) is 3.49. The first-order valence-electron chi connectivity index (χ1n) is 6.23. The summed E-state index contributed by atoms with van der Waals surface area (Å²) in [6.07, 6.45) is 9.94. The van der Waals surface area contributed by atoms with Crippen molar-refractivity contribution in [2.24, 2.45) is 5.41 Å². The molecule has 1 unspecified atom stereocenters. The summed E-state index contributed by atoms with van der Waals surface area (Å²) in [6.45, 7) is 2.05. The van der Waals surface area contributed by atoms with E-state index in [1.54, 1.807) is 0 Å². The second-order valence-corrected chi connectivity index (χ2v) is 5.45. The van der Waals surface area contributed by atoms with Crippen LogP contribution >= 0.6 is 0 Å². The quantitative estimate of drug-likeness (QED) is 0.728. The lowest BCUT2D eigenvalue weighted by Crippen LogP contribution is -2.65. The number of ether oxygens (including phenoxy) is 1. The summed E-state index contributed by atoms with van der Waals surface area (Å²) in [7, 11) is 0. The van der Waals surface area contributed by atoms with Crippen LogP contribution in [-0.2, 0) is 4.74 Å². The molecule has 3 fully saturated rings. The molecule has 1 saturated heterocycles. The van der Waals surface area contributed by atoms with E-state index in [1.807, 2.05) is 0 Å². The number of nitrogens with one attached hydrogen (secondary N) is 1. The molecule has 2 saturated carbocycles. The van der Waals surface area contributed by atoms with Gasteiger partial charge >= 0.3 is 0 Å². The van der Waals surface area contributed by atoms with Gasteiger partial charge < -0.3 is 10.1 Å². The Morgan fingerprint density at radius 2 is 1.79 bits per heavy atom. The Hall–Kier alpha value is -0.0800. The highest BCUT2D eigenvalue weighted by molar-refractivity contribution is 5.05. The van der Waals surface area contributed by atoms with E-state index in [9.17, 15) is 0 Å². The zero-order valence-corrected chi connectivity index (χ0v) is 8.93. The van der Waals surface area contributed by atoms with E-state index in [2.05, 4.69) is 5.32 Å². The zero-order valence-electron chi connectivity index (χ0n) is 8.93. The van der Waals surface area contributed by atoms with Gasteiger partial charge in [0.05, 0.1) is 13.2 Å². The predicted molar refractivity (Wildman–Crippen MR) is 56.3 cm³/mol. The topological polar surface area (TPSA) is 21.3 Å². The predicted octanol–water partition coefficient (Wildman–Crippen LogP) is 2.09. The van der Waals surface area contributed by atoms with Crippen molar-refractivity contribution in [3.8, 4) is 0 Å². The Morgan fingerprint density at radius 1 is 1.00 bits per heavy atom. The number of hydrogen-bond donors (Lipinski definition) is 1. The molecule has 14 heavy (non-hydrogen) atoms. The number of hydrogen-bond acceptors (Lipinski definition) is 2. The van der Waals surface area contributed by atoms with Crippen LogP contribution in [0.5, 0.6) is 0 Å². The fraction of sp³-hybridized carbons (Fsp3) is 1.00. The third-order valence-corrected chi connectivity index (χ3v) is 4.49. The Bertz CT molecular complexity index is 201. The van der Waals surface area contributed by atoms with Gasteiger partial charge in [0.15, 0.2) is 0 Å². The Morgan fingerprint density at radius 3 is 2.29 bits per heavy atom. The Kier molecular flexibility index (Phi) is 2.29. The summed E-state index contributed by atoms with van der Waals surface area (Å²) in [5, 5.41) is 3.87. The standard InChI is InChI=1S/C12H21NO/c1-2-4-10(5-3-1)13-11-6-7-12(11)8-14-9-12/h10-11,13H,1-9H2. The minimum Gasteiger partial charge on any atom is -0.380 e. The lowest BCUT2D eigenvalue weighted by atomic mass is 9.62. The highest BCUT2D eigenvalue weighted by atomic mass is 16.5. The van der Waals surface area contributed by atoms with E-state index in [-0.39, 0.29) is 0 Å². The molecule has 2 aliphatic carbocycles. The highest BCUT2D eigenvalue weighted by Gasteiger charge is 2.52. The minimum atomic E-state index is 0.581. The third-order valence-electron chi connectivity index (χ3n) is 4.49. The first-order chi connectivity index (χ1) is 6.89. The van der Waals surface area contributed by atoms with E-state index in [4.69, 9.17) is 4.74 Å². The maximum Gasteiger partial charge on any atom is 0.0559 e. The Labute approximate surface area is 86.4 Å². The maximum absolute atomic E-state index is 5.36. The molecule has 80 valence electrons. The monoisotopic (exact) mass is 195 g/mol. The normalized spacial score (nSPS) is 36.4. The van der Waals surface area contributed by atoms with Gasteiger partial charge in [-0.3, -0.25) is 0 Å². The summed E-state index contributed by atoms with van der Waals surface area (Å²) in [4.78, 5) is 0. The molecule has 1 aliphatic heterocycles. The van der Waals surface area contributed by atoms with Gasteiger partial charge in [-0.25, -0.2) is 0 Å². The van der Waals surface area contributed by atoms with Crippen molar-refractivity contribution in [2.45, 2.75) is 57.0 Å². The molecule has 0 bridgehead atoms. The van der Waals surface area contributed by atoms with Crippen LogP contribution in [-0.4, -0.2) is 25.3 Å². The number of rotatable bonds is 2. The fourth-order valence-corrected chi connectivity index (χ4v) is 3.22. The summed E-state index contributed by atoms with van der Waals surface area (Å²) in [5.74, 6) is 0. The first kappa shape index (κ1) is 9.17. The SMILES string of the molecule is C1CCC(NC2CCC23COC3)CC1. The molecule has 3 aliphatic rings. The second-order valence-electron chi connectivity index (χ2n) is 5.45. The molecule has 1 atom stereocenters. The van der Waals surface area contributed by atoms with Crippen molar-refractivity contribution in [1.29, 1.82) is 0 Å². The molecule has 2 heteroatoms. The lowest BCUT2D eigenvalue weighted by Gasteiger charge is -2.56. The summed E-state index contributed by atoms with van der Waals surface area (Å²) >= 11 is 0. The van der Waals surface area contributed by atoms with E-state index in [0.29, 0.717) is 5.41 Å². The van der Waals surface area contributed by atoms with Crippen molar-refractivity contribution in [1.82, 2.24) is 5.32 Å². The van der Waals surface area contributed by atoms with Crippen LogP contribution in [0.3, 0.4) is 0 Å². The van der Waals surface area contributed by atoms with Gasteiger partial charge in [0.25, 0.3) is 0 Å². The van der Waals surface area contributed by atoms with E-state index in [1.165, 1.54) is 44.9 Å². The smallest absolute Gasteiger partial charge is 0.0559 e. The van der Waals surface area contributed by atoms with Gasteiger partial charge in [0.1, 0.15) is 0 Å². The Balaban J connectivity index is 1.51. The van der Waals surface area contributed by atoms with Gasteiger partial charge in [0.2, 0.25) is 0 Å². The van der Waals surface area contributed by atoms with Crippen molar-refractivity contribution in [2.75, 3.05) is 13.2 Å². The van der Waals surface area contributed by atoms with Gasteiger partial charge in [-0.2, -0.15) is 0 Å². The maximum atomic E-state index is 5.36. The molecular formula is C12H21NO. The van der Waals surface area contributed by atoms with Crippen molar-refractivity contribution in [3.63, 3.8) is 0 Å². The largest absolute Gasteiger partial charge is 0.380 e. The van der Waals surface area contributed by atoms with Crippen molar-refractivity contribution in [3.05, 3.63) is 0 Å². The first-order valence-corrected chi connectivity index (χ1v) is 6.23. The van der Waals surface area contributed by atoms with Gasteiger partial charge in [-0.1, -0.05) is 19.3 Å². The van der Waals surface area contributed by atoms with E-state index >= 15 is 0 Å². The molecule has 1 N–H and O–H groups in total. The summed E-state index contributed by atoms with van der Waals surface area (Å²) < 4.78 is 5.36. The highest BCUT2D eigenvalue weighted by Crippen LogP contribution is 2.47. The van der Waals surface area contributed by atoms with Gasteiger partial charge in [-0.05, 0) is 25.7 Å². The average molecular weight is 195 g/mol. The summed E-state index contributed by atoms with van der Waals surface area (Å²) in [5.41, 5.74) is 0.581. The van der Waals surface area contributed by atoms with Crippen LogP contribution < -0.4 is 5.32 Å². The van der Waals surface area contributed by atoms with Crippen molar-refractivity contribution < 1.29 is 4.74 Å². The molecule has 0 aromatic rings. The third kappa shape index (κ3) is 1.40. The molecule has 0 radical (unpaired) electrons. The van der Waals surface area contributed by atoms with Gasteiger partial charge in [-0.15, -0.1) is 0 Å². The van der Waals surface area contributed by atoms with E-state index < -0.39 is 0 Å². The van der Waals surface area contributed by atoms with Crippen LogP contribution in [0.1, 0.15) is 44.9 Å². The molecule has 1 heterocycles. The molecule has 2 nitrogen and oxygen atoms in total. The minimum absolute atomic E-state index is 0.581. The molecule has 0 amide bonds. The van der Waals surface area contributed by atoms with Crippen LogP contribution in [0, 0.1) is 5.41 Å². The summed E-state index contributed by atoms with van der Waals surface area (Å²) in [6, 6.07) is 1.62. The van der Waals surface area contributed by atoms with Crippen LogP contribution in [0.2, 0.25) is 0 Å². The fourth-order valence-electron chi connectivity index (χ4n) is 3.22. The molecular weight excluding hydrogens is 174 g/mol. The van der Waals surface area contributed by atoms with Crippen molar-refractivity contribution >= 4 is 0 Å².